The smallest absolute Gasteiger partial charge is 0.404 e. The summed E-state index contributed by atoms with van der Waals surface area (Å²) in [4.78, 5) is 10.7. The number of aliphatic hydroxyl groups excluding tert-OH is 2. The third-order valence-electron chi connectivity index (χ3n) is 2.53. The number of halogens is 3. The van der Waals surface area contributed by atoms with Gasteiger partial charge >= 0.3 is 6.36 Å². The maximum Gasteiger partial charge on any atom is 0.573 e. The fourth-order valence-electron chi connectivity index (χ4n) is 1.55. The first-order valence-corrected chi connectivity index (χ1v) is 5.86. The Morgan fingerprint density at radius 3 is 2.52 bits per heavy atom. The highest BCUT2D eigenvalue weighted by molar-refractivity contribution is 5.72. The molecule has 6 nitrogen and oxygen atoms in total. The number of aliphatic hydroxyl groups is 2. The Kier molecular flexibility index (Phi) is 5.39. The molecule has 0 aliphatic carbocycles. The summed E-state index contributed by atoms with van der Waals surface area (Å²) in [5, 5.41) is 21.8. The molecule has 1 amide bonds. The first kappa shape index (κ1) is 17.1. The summed E-state index contributed by atoms with van der Waals surface area (Å²) in [7, 11) is 0. The number of amides is 1. The van der Waals surface area contributed by atoms with Gasteiger partial charge in [-0.25, -0.2) is 0 Å². The van der Waals surface area contributed by atoms with Crippen LogP contribution in [0.4, 0.5) is 18.9 Å². The number of hydrogen-bond donors (Lipinski definition) is 4. The number of nitrogens with one attached hydrogen (secondary N) is 1. The predicted octanol–water partition coefficient (Wildman–Crippen LogP) is 0.698. The van der Waals surface area contributed by atoms with Crippen LogP contribution in [0.5, 0.6) is 5.75 Å². The quantitative estimate of drug-likeness (QED) is 0.599. The van der Waals surface area contributed by atoms with E-state index in [9.17, 15) is 28.2 Å². The summed E-state index contributed by atoms with van der Waals surface area (Å²) in [6.45, 7) is 1.03. The second kappa shape index (κ2) is 6.64. The van der Waals surface area contributed by atoms with Crippen LogP contribution in [0.25, 0.3) is 0 Å². The standard InChI is InChI=1S/C12H15F3N2O4/c1-6(18)17-5-9(19)11(20)7-2-3-10(8(16)4-7)21-12(13,14)15/h2-4,9,11,19-20H,5,16H2,1H3,(H,17,18). The molecule has 0 aliphatic heterocycles. The maximum atomic E-state index is 12.1. The van der Waals surface area contributed by atoms with Crippen molar-refractivity contribution in [2.75, 3.05) is 12.3 Å². The van der Waals surface area contributed by atoms with Gasteiger partial charge in [-0.15, -0.1) is 13.2 Å². The van der Waals surface area contributed by atoms with E-state index in [1.807, 2.05) is 0 Å². The summed E-state index contributed by atoms with van der Waals surface area (Å²) >= 11 is 0. The van der Waals surface area contributed by atoms with Gasteiger partial charge in [0.15, 0.2) is 5.75 Å². The molecule has 1 rings (SSSR count). The minimum absolute atomic E-state index is 0.0971. The van der Waals surface area contributed by atoms with Crippen LogP contribution < -0.4 is 15.8 Å². The Morgan fingerprint density at radius 2 is 2.05 bits per heavy atom. The topological polar surface area (TPSA) is 105 Å². The molecule has 1 aromatic rings. The Labute approximate surface area is 118 Å². The number of rotatable bonds is 5. The van der Waals surface area contributed by atoms with Crippen molar-refractivity contribution in [3.05, 3.63) is 23.8 Å². The third-order valence-corrected chi connectivity index (χ3v) is 2.53. The van der Waals surface area contributed by atoms with Crippen LogP contribution >= 0.6 is 0 Å². The zero-order chi connectivity index (χ0) is 16.2. The van der Waals surface area contributed by atoms with Gasteiger partial charge in [0.2, 0.25) is 5.91 Å². The highest BCUT2D eigenvalue weighted by atomic mass is 19.4. The fourth-order valence-corrected chi connectivity index (χ4v) is 1.55. The Balaban J connectivity index is 2.80. The molecule has 0 bridgehead atoms. The second-order valence-electron chi connectivity index (χ2n) is 4.29. The average molecular weight is 308 g/mol. The molecule has 0 spiro atoms. The molecule has 2 unspecified atom stereocenters. The molecule has 1 aromatic carbocycles. The zero-order valence-corrected chi connectivity index (χ0v) is 11.0. The Hall–Kier alpha value is -2.00. The summed E-state index contributed by atoms with van der Waals surface area (Å²) in [5.41, 5.74) is 5.16. The van der Waals surface area contributed by atoms with E-state index in [0.29, 0.717) is 0 Å². The molecule has 0 heterocycles. The van der Waals surface area contributed by atoms with Crippen LogP contribution in [0.15, 0.2) is 18.2 Å². The first-order valence-electron chi connectivity index (χ1n) is 5.86. The molecular formula is C12H15F3N2O4. The lowest BCUT2D eigenvalue weighted by atomic mass is 10.0. The highest BCUT2D eigenvalue weighted by Crippen LogP contribution is 2.31. The Morgan fingerprint density at radius 1 is 1.43 bits per heavy atom. The molecule has 118 valence electrons. The van der Waals surface area contributed by atoms with Gasteiger partial charge in [-0.2, -0.15) is 0 Å². The van der Waals surface area contributed by atoms with Gasteiger partial charge in [-0.1, -0.05) is 6.07 Å². The number of carbonyl (C=O) groups excluding carboxylic acids is 1. The number of alkyl halides is 3. The van der Waals surface area contributed by atoms with Crippen molar-refractivity contribution in [2.24, 2.45) is 0 Å². The lowest BCUT2D eigenvalue weighted by Crippen LogP contribution is -2.34. The van der Waals surface area contributed by atoms with Gasteiger partial charge in [0, 0.05) is 13.5 Å². The third kappa shape index (κ3) is 5.48. The van der Waals surface area contributed by atoms with E-state index in [0.717, 1.165) is 18.2 Å². The van der Waals surface area contributed by atoms with Gasteiger partial charge in [-0.3, -0.25) is 4.79 Å². The van der Waals surface area contributed by atoms with Crippen LogP contribution in [0.3, 0.4) is 0 Å². The zero-order valence-electron chi connectivity index (χ0n) is 11.0. The normalized spacial score (nSPS) is 14.4. The van der Waals surface area contributed by atoms with E-state index in [1.54, 1.807) is 0 Å². The Bertz CT molecular complexity index is 508. The summed E-state index contributed by atoms with van der Waals surface area (Å²) in [6, 6.07) is 3.13. The molecule has 0 fully saturated rings. The number of nitrogens with two attached hydrogens (primary N) is 1. The highest BCUT2D eigenvalue weighted by Gasteiger charge is 2.32. The second-order valence-corrected chi connectivity index (χ2v) is 4.29. The average Bonchev–Trinajstić information content (AvgIpc) is 2.36. The molecule has 2 atom stereocenters. The van der Waals surface area contributed by atoms with Crippen LogP contribution in [0.2, 0.25) is 0 Å². The van der Waals surface area contributed by atoms with E-state index in [-0.39, 0.29) is 17.8 Å². The van der Waals surface area contributed by atoms with Crippen molar-refractivity contribution >= 4 is 11.6 Å². The van der Waals surface area contributed by atoms with Gasteiger partial charge in [0.25, 0.3) is 0 Å². The first-order chi connectivity index (χ1) is 9.60. The van der Waals surface area contributed by atoms with Crippen molar-refractivity contribution in [1.29, 1.82) is 0 Å². The van der Waals surface area contributed by atoms with E-state index >= 15 is 0 Å². The van der Waals surface area contributed by atoms with Crippen molar-refractivity contribution in [1.82, 2.24) is 5.32 Å². The van der Waals surface area contributed by atoms with Crippen LogP contribution in [0, 0.1) is 0 Å². The summed E-state index contributed by atoms with van der Waals surface area (Å²) < 4.78 is 39.9. The summed E-state index contributed by atoms with van der Waals surface area (Å²) in [5.74, 6) is -0.996. The molecule has 0 saturated heterocycles. The molecule has 0 aromatic heterocycles. The molecule has 0 saturated carbocycles. The molecule has 0 radical (unpaired) electrons. The minimum Gasteiger partial charge on any atom is -0.404 e. The van der Waals surface area contributed by atoms with Gasteiger partial charge in [0.05, 0.1) is 5.69 Å². The number of benzene rings is 1. The van der Waals surface area contributed by atoms with Gasteiger partial charge in [0.1, 0.15) is 12.2 Å². The number of nitrogen functional groups attached to an aromatic ring is 1. The molecule has 5 N–H and O–H groups in total. The van der Waals surface area contributed by atoms with Crippen molar-refractivity contribution in [3.63, 3.8) is 0 Å². The van der Waals surface area contributed by atoms with Crippen LogP contribution in [0.1, 0.15) is 18.6 Å². The number of hydrogen-bond acceptors (Lipinski definition) is 5. The largest absolute Gasteiger partial charge is 0.573 e. The molecular weight excluding hydrogens is 293 g/mol. The van der Waals surface area contributed by atoms with Crippen molar-refractivity contribution < 1.29 is 32.9 Å². The summed E-state index contributed by atoms with van der Waals surface area (Å²) in [6.07, 6.45) is -7.62. The number of ether oxygens (including phenoxy) is 1. The van der Waals surface area contributed by atoms with E-state index in [4.69, 9.17) is 5.73 Å². The number of anilines is 1. The van der Waals surface area contributed by atoms with E-state index < -0.39 is 30.2 Å². The van der Waals surface area contributed by atoms with Crippen molar-refractivity contribution in [3.8, 4) is 5.75 Å². The lowest BCUT2D eigenvalue weighted by molar-refractivity contribution is -0.274. The van der Waals surface area contributed by atoms with Crippen molar-refractivity contribution in [2.45, 2.75) is 25.5 Å². The monoisotopic (exact) mass is 308 g/mol. The predicted molar refractivity (Wildman–Crippen MR) is 67.2 cm³/mol. The molecule has 9 heteroatoms. The van der Waals surface area contributed by atoms with E-state index in [2.05, 4.69) is 10.1 Å². The minimum atomic E-state index is -4.88. The van der Waals surface area contributed by atoms with Gasteiger partial charge in [-0.05, 0) is 17.7 Å². The van der Waals surface area contributed by atoms with Crippen LogP contribution in [-0.2, 0) is 4.79 Å². The SMILES string of the molecule is CC(=O)NCC(O)C(O)c1ccc(OC(F)(F)F)c(N)c1. The molecule has 0 aliphatic rings. The molecule has 21 heavy (non-hydrogen) atoms. The lowest BCUT2D eigenvalue weighted by Gasteiger charge is -2.19. The fraction of sp³-hybridized carbons (Fsp3) is 0.417. The van der Waals surface area contributed by atoms with E-state index in [1.165, 1.54) is 6.92 Å². The van der Waals surface area contributed by atoms with Crippen LogP contribution in [-0.4, -0.2) is 35.1 Å². The maximum absolute atomic E-state index is 12.1. The number of carbonyl (C=O) groups is 1. The van der Waals surface area contributed by atoms with Gasteiger partial charge < -0.3 is 26.0 Å².